The Balaban J connectivity index is 2.08. The summed E-state index contributed by atoms with van der Waals surface area (Å²) in [6.45, 7) is 2.86. The smallest absolute Gasteiger partial charge is 0.123 e. The highest BCUT2D eigenvalue weighted by molar-refractivity contribution is 9.10. The lowest BCUT2D eigenvalue weighted by Gasteiger charge is -2.16. The van der Waals surface area contributed by atoms with Gasteiger partial charge >= 0.3 is 0 Å². The van der Waals surface area contributed by atoms with Crippen LogP contribution in [0.3, 0.4) is 0 Å². The molecule has 112 valence electrons. The second kappa shape index (κ2) is 7.48. The van der Waals surface area contributed by atoms with Crippen LogP contribution in [0.1, 0.15) is 24.1 Å². The summed E-state index contributed by atoms with van der Waals surface area (Å²) in [6, 6.07) is 14.4. The standard InChI is InChI=1S/C17H20BrNO2/c1-12(13-5-4-6-15(18)9-13)19-11-14-10-16(20-2)7-8-17(14)21-3/h4-10,12,19H,11H2,1-3H3/t12-/m1/s1. The van der Waals surface area contributed by atoms with Crippen LogP contribution in [0.15, 0.2) is 46.9 Å². The molecule has 3 nitrogen and oxygen atoms in total. The molecular formula is C17H20BrNO2. The van der Waals surface area contributed by atoms with E-state index in [2.05, 4.69) is 40.3 Å². The van der Waals surface area contributed by atoms with E-state index in [-0.39, 0.29) is 6.04 Å². The molecule has 1 atom stereocenters. The Morgan fingerprint density at radius 2 is 1.90 bits per heavy atom. The summed E-state index contributed by atoms with van der Waals surface area (Å²) in [4.78, 5) is 0. The van der Waals surface area contributed by atoms with Crippen molar-refractivity contribution in [3.05, 3.63) is 58.1 Å². The Kier molecular flexibility index (Phi) is 5.65. The molecule has 0 aliphatic heterocycles. The van der Waals surface area contributed by atoms with Crippen molar-refractivity contribution >= 4 is 15.9 Å². The summed E-state index contributed by atoms with van der Waals surface area (Å²) in [5.74, 6) is 1.70. The van der Waals surface area contributed by atoms with Crippen molar-refractivity contribution in [1.82, 2.24) is 5.32 Å². The zero-order valence-corrected chi connectivity index (χ0v) is 14.1. The van der Waals surface area contributed by atoms with Crippen molar-refractivity contribution in [2.45, 2.75) is 19.5 Å². The Morgan fingerprint density at radius 1 is 1.10 bits per heavy atom. The van der Waals surface area contributed by atoms with Crippen LogP contribution in [0.4, 0.5) is 0 Å². The first-order chi connectivity index (χ1) is 10.1. The van der Waals surface area contributed by atoms with Crippen LogP contribution in [0.25, 0.3) is 0 Å². The molecule has 2 aromatic rings. The van der Waals surface area contributed by atoms with Crippen molar-refractivity contribution in [1.29, 1.82) is 0 Å². The molecule has 0 aromatic heterocycles. The van der Waals surface area contributed by atoms with E-state index < -0.39 is 0 Å². The lowest BCUT2D eigenvalue weighted by atomic mass is 10.1. The van der Waals surface area contributed by atoms with E-state index in [0.29, 0.717) is 6.54 Å². The number of nitrogens with one attached hydrogen (secondary N) is 1. The summed E-state index contributed by atoms with van der Waals surface area (Å²) in [5.41, 5.74) is 2.32. The third kappa shape index (κ3) is 4.22. The summed E-state index contributed by atoms with van der Waals surface area (Å²) in [7, 11) is 3.35. The predicted molar refractivity (Wildman–Crippen MR) is 88.9 cm³/mol. The lowest BCUT2D eigenvalue weighted by molar-refractivity contribution is 0.395. The number of ether oxygens (including phenoxy) is 2. The van der Waals surface area contributed by atoms with Crippen molar-refractivity contribution in [3.63, 3.8) is 0 Å². The van der Waals surface area contributed by atoms with Crippen LogP contribution in [0.5, 0.6) is 11.5 Å². The van der Waals surface area contributed by atoms with Crippen LogP contribution < -0.4 is 14.8 Å². The molecule has 0 fully saturated rings. The van der Waals surface area contributed by atoms with E-state index in [1.54, 1.807) is 14.2 Å². The monoisotopic (exact) mass is 349 g/mol. The van der Waals surface area contributed by atoms with Crippen LogP contribution in [0.2, 0.25) is 0 Å². The van der Waals surface area contributed by atoms with Crippen LogP contribution in [-0.2, 0) is 6.54 Å². The largest absolute Gasteiger partial charge is 0.497 e. The van der Waals surface area contributed by atoms with Gasteiger partial charge in [-0.05, 0) is 42.8 Å². The molecule has 0 aliphatic carbocycles. The predicted octanol–water partition coefficient (Wildman–Crippen LogP) is 4.32. The highest BCUT2D eigenvalue weighted by Gasteiger charge is 2.09. The summed E-state index contributed by atoms with van der Waals surface area (Å²) >= 11 is 3.50. The Hall–Kier alpha value is -1.52. The number of methoxy groups -OCH3 is 2. The second-order valence-electron chi connectivity index (χ2n) is 4.84. The molecule has 0 spiro atoms. The lowest BCUT2D eigenvalue weighted by Crippen LogP contribution is -2.18. The molecule has 21 heavy (non-hydrogen) atoms. The molecule has 0 aliphatic rings. The maximum Gasteiger partial charge on any atom is 0.123 e. The Labute approximate surface area is 134 Å². The van der Waals surface area contributed by atoms with Gasteiger partial charge in [0.2, 0.25) is 0 Å². The van der Waals surface area contributed by atoms with E-state index in [9.17, 15) is 0 Å². The van der Waals surface area contributed by atoms with Crippen molar-refractivity contribution < 1.29 is 9.47 Å². The SMILES string of the molecule is COc1ccc(OC)c(CN[C@H](C)c2cccc(Br)c2)c1. The first kappa shape index (κ1) is 15.9. The molecule has 0 bridgehead atoms. The average molecular weight is 350 g/mol. The third-order valence-electron chi connectivity index (χ3n) is 3.43. The highest BCUT2D eigenvalue weighted by atomic mass is 79.9. The number of halogens is 1. The fourth-order valence-corrected chi connectivity index (χ4v) is 2.59. The Bertz CT molecular complexity index is 601. The summed E-state index contributed by atoms with van der Waals surface area (Å²) < 4.78 is 11.8. The Morgan fingerprint density at radius 3 is 2.57 bits per heavy atom. The maximum absolute atomic E-state index is 5.40. The first-order valence-electron chi connectivity index (χ1n) is 6.83. The van der Waals surface area contributed by atoms with Gasteiger partial charge in [-0.2, -0.15) is 0 Å². The van der Waals surface area contributed by atoms with E-state index in [1.165, 1.54) is 5.56 Å². The van der Waals surface area contributed by atoms with Gasteiger partial charge in [0.05, 0.1) is 14.2 Å². The van der Waals surface area contributed by atoms with Gasteiger partial charge in [-0.3, -0.25) is 0 Å². The molecule has 0 saturated carbocycles. The summed E-state index contributed by atoms with van der Waals surface area (Å²) in [5, 5.41) is 3.51. The average Bonchev–Trinajstić information content (AvgIpc) is 2.52. The minimum atomic E-state index is 0.249. The van der Waals surface area contributed by atoms with Gasteiger partial charge in [-0.15, -0.1) is 0 Å². The van der Waals surface area contributed by atoms with Gasteiger partial charge in [-0.1, -0.05) is 28.1 Å². The van der Waals surface area contributed by atoms with Gasteiger partial charge in [-0.25, -0.2) is 0 Å². The van der Waals surface area contributed by atoms with Crippen molar-refractivity contribution in [3.8, 4) is 11.5 Å². The number of hydrogen-bond donors (Lipinski definition) is 1. The summed E-state index contributed by atoms with van der Waals surface area (Å²) in [6.07, 6.45) is 0. The van der Waals surface area contributed by atoms with Crippen molar-refractivity contribution in [2.75, 3.05) is 14.2 Å². The molecule has 0 amide bonds. The van der Waals surface area contributed by atoms with E-state index in [4.69, 9.17) is 9.47 Å². The van der Waals surface area contributed by atoms with Crippen LogP contribution >= 0.6 is 15.9 Å². The maximum atomic E-state index is 5.40. The van der Waals surface area contributed by atoms with Crippen LogP contribution in [-0.4, -0.2) is 14.2 Å². The van der Waals surface area contributed by atoms with Crippen molar-refractivity contribution in [2.24, 2.45) is 0 Å². The van der Waals surface area contributed by atoms with Gasteiger partial charge < -0.3 is 14.8 Å². The second-order valence-corrected chi connectivity index (χ2v) is 5.75. The quantitative estimate of drug-likeness (QED) is 0.842. The molecule has 0 saturated heterocycles. The van der Waals surface area contributed by atoms with E-state index >= 15 is 0 Å². The van der Waals surface area contributed by atoms with Crippen LogP contribution in [0, 0.1) is 0 Å². The molecular weight excluding hydrogens is 330 g/mol. The fourth-order valence-electron chi connectivity index (χ4n) is 2.18. The molecule has 0 radical (unpaired) electrons. The van der Waals surface area contributed by atoms with E-state index in [0.717, 1.165) is 21.5 Å². The van der Waals surface area contributed by atoms with Gasteiger partial charge in [0, 0.05) is 22.6 Å². The van der Waals surface area contributed by atoms with Gasteiger partial charge in [0.25, 0.3) is 0 Å². The number of hydrogen-bond acceptors (Lipinski definition) is 3. The molecule has 0 unspecified atom stereocenters. The zero-order valence-electron chi connectivity index (χ0n) is 12.5. The zero-order chi connectivity index (χ0) is 15.2. The molecule has 2 rings (SSSR count). The third-order valence-corrected chi connectivity index (χ3v) is 3.93. The fraction of sp³-hybridized carbons (Fsp3) is 0.294. The number of benzene rings is 2. The van der Waals surface area contributed by atoms with Gasteiger partial charge in [0.15, 0.2) is 0 Å². The minimum absolute atomic E-state index is 0.249. The molecule has 0 heterocycles. The minimum Gasteiger partial charge on any atom is -0.497 e. The highest BCUT2D eigenvalue weighted by Crippen LogP contribution is 2.25. The molecule has 4 heteroatoms. The molecule has 2 aromatic carbocycles. The number of rotatable bonds is 6. The van der Waals surface area contributed by atoms with Gasteiger partial charge in [0.1, 0.15) is 11.5 Å². The van der Waals surface area contributed by atoms with E-state index in [1.807, 2.05) is 30.3 Å². The normalized spacial score (nSPS) is 12.0. The topological polar surface area (TPSA) is 30.5 Å². The molecule has 1 N–H and O–H groups in total. The first-order valence-corrected chi connectivity index (χ1v) is 7.63.